The van der Waals surface area contributed by atoms with Crippen molar-refractivity contribution in [2.24, 2.45) is 0 Å². The highest BCUT2D eigenvalue weighted by molar-refractivity contribution is 9.10. The third-order valence-corrected chi connectivity index (χ3v) is 3.90. The van der Waals surface area contributed by atoms with Gasteiger partial charge in [0.15, 0.2) is 0 Å². The lowest BCUT2D eigenvalue weighted by atomic mass is 10.3. The van der Waals surface area contributed by atoms with Gasteiger partial charge in [0.2, 0.25) is 0 Å². The van der Waals surface area contributed by atoms with Crippen LogP contribution in [0.15, 0.2) is 40.2 Å². The van der Waals surface area contributed by atoms with E-state index in [0.717, 1.165) is 20.9 Å². The molecule has 0 radical (unpaired) electrons. The summed E-state index contributed by atoms with van der Waals surface area (Å²) in [5.74, 6) is 0.948. The van der Waals surface area contributed by atoms with Crippen LogP contribution in [0.4, 0.5) is 5.69 Å². The fraction of sp³-hybridized carbons (Fsp3) is 0.0833. The van der Waals surface area contributed by atoms with Crippen LogP contribution in [0, 0.1) is 0 Å². The Morgan fingerprint density at radius 3 is 2.82 bits per heavy atom. The Kier molecular flexibility index (Phi) is 4.20. The molecule has 0 fully saturated rings. The average Bonchev–Trinajstić information content (AvgIpc) is 2.81. The van der Waals surface area contributed by atoms with Crippen LogP contribution < -0.4 is 10.3 Å². The minimum absolute atomic E-state index is 0.684. The minimum atomic E-state index is 0.684. The van der Waals surface area contributed by atoms with Crippen molar-refractivity contribution in [2.75, 3.05) is 12.4 Å². The number of rotatable bonds is 2. The summed E-state index contributed by atoms with van der Waals surface area (Å²) in [6.45, 7) is 0. The van der Waals surface area contributed by atoms with Crippen molar-refractivity contribution in [1.29, 1.82) is 0 Å². The number of anilines is 1. The van der Waals surface area contributed by atoms with Crippen molar-refractivity contribution in [3.63, 3.8) is 0 Å². The zero-order chi connectivity index (χ0) is 12.3. The summed E-state index contributed by atoms with van der Waals surface area (Å²) in [7, 11) is 1.88. The molecule has 0 aliphatic rings. The van der Waals surface area contributed by atoms with Crippen molar-refractivity contribution in [3.05, 3.63) is 50.1 Å². The Morgan fingerprint density at radius 1 is 1.41 bits per heavy atom. The van der Waals surface area contributed by atoms with E-state index in [0.29, 0.717) is 5.02 Å². The Balaban J connectivity index is 2.25. The molecule has 2 nitrogen and oxygen atoms in total. The summed E-state index contributed by atoms with van der Waals surface area (Å²) in [6.07, 6.45) is 0. The predicted molar refractivity (Wildman–Crippen MR) is 78.1 cm³/mol. The highest BCUT2D eigenvalue weighted by Crippen LogP contribution is 2.26. The Morgan fingerprint density at radius 2 is 2.24 bits per heavy atom. The van der Waals surface area contributed by atoms with Gasteiger partial charge in [0.1, 0.15) is 10.6 Å². The molecule has 2 rings (SSSR count). The van der Waals surface area contributed by atoms with Crippen molar-refractivity contribution >= 4 is 50.4 Å². The van der Waals surface area contributed by atoms with Crippen molar-refractivity contribution in [2.45, 2.75) is 0 Å². The van der Waals surface area contributed by atoms with Gasteiger partial charge in [-0.15, -0.1) is 11.3 Å². The lowest BCUT2D eigenvalue weighted by Gasteiger charge is -2.03. The van der Waals surface area contributed by atoms with E-state index in [4.69, 9.17) is 11.6 Å². The fourth-order valence-electron chi connectivity index (χ4n) is 1.39. The largest absolute Gasteiger partial charge is 0.290 e. The van der Waals surface area contributed by atoms with E-state index >= 15 is 0 Å². The first-order valence-corrected chi connectivity index (χ1v) is 7.06. The third kappa shape index (κ3) is 3.09. The zero-order valence-corrected chi connectivity index (χ0v) is 12.3. The summed E-state index contributed by atoms with van der Waals surface area (Å²) in [6, 6.07) is 9.83. The molecule has 5 heteroatoms. The lowest BCUT2D eigenvalue weighted by molar-refractivity contribution is -0.418. The molecule has 0 atom stereocenters. The number of benzene rings is 1. The summed E-state index contributed by atoms with van der Waals surface area (Å²) in [5, 5.41) is 6.01. The van der Waals surface area contributed by atoms with Gasteiger partial charge < -0.3 is 0 Å². The normalized spacial score (nSPS) is 11.6. The van der Waals surface area contributed by atoms with Crippen LogP contribution in [0.2, 0.25) is 5.02 Å². The van der Waals surface area contributed by atoms with E-state index in [-0.39, 0.29) is 0 Å². The van der Waals surface area contributed by atoms with E-state index in [1.54, 1.807) is 11.3 Å². The second-order valence-electron chi connectivity index (χ2n) is 3.35. The van der Waals surface area contributed by atoms with Gasteiger partial charge in [-0.25, -0.2) is 5.32 Å². The molecule has 0 saturated heterocycles. The molecule has 1 heterocycles. The van der Waals surface area contributed by atoms with Crippen LogP contribution in [0.25, 0.3) is 0 Å². The SMILES string of the molecule is C[NH+]=C(Nc1ccc(Br)cc1Cl)c1cccs1. The molecule has 1 aromatic heterocycles. The van der Waals surface area contributed by atoms with Crippen molar-refractivity contribution in [3.8, 4) is 0 Å². The molecule has 0 spiro atoms. The average molecular weight is 331 g/mol. The molecule has 0 aliphatic carbocycles. The smallest absolute Gasteiger partial charge is 0.276 e. The quantitative estimate of drug-likeness (QED) is 0.643. The maximum atomic E-state index is 6.16. The highest BCUT2D eigenvalue weighted by Gasteiger charge is 2.13. The molecule has 2 aromatic rings. The fourth-order valence-corrected chi connectivity index (χ4v) is 2.85. The van der Waals surface area contributed by atoms with Crippen LogP contribution in [-0.4, -0.2) is 12.9 Å². The van der Waals surface area contributed by atoms with Crippen molar-refractivity contribution < 1.29 is 4.99 Å². The molecular formula is C12H11BrClN2S+. The lowest BCUT2D eigenvalue weighted by Crippen LogP contribution is -2.70. The van der Waals surface area contributed by atoms with Crippen LogP contribution in [-0.2, 0) is 0 Å². The Labute approximate surface area is 117 Å². The molecule has 0 bridgehead atoms. The van der Waals surface area contributed by atoms with Crippen molar-refractivity contribution in [1.82, 2.24) is 0 Å². The number of amidine groups is 1. The molecule has 2 N–H and O–H groups in total. The standard InChI is InChI=1S/C12H10BrClN2S/c1-15-12(11-3-2-6-17-11)16-10-5-4-8(13)7-9(10)14/h2-7H,1H3,(H,15,16)/p+1. The van der Waals surface area contributed by atoms with Gasteiger partial charge in [0.25, 0.3) is 5.84 Å². The third-order valence-electron chi connectivity index (χ3n) is 2.21. The first-order chi connectivity index (χ1) is 8.20. The van der Waals surface area contributed by atoms with Crippen LogP contribution in [0.1, 0.15) is 4.88 Å². The maximum Gasteiger partial charge on any atom is 0.290 e. The van der Waals surface area contributed by atoms with E-state index < -0.39 is 0 Å². The number of hydrogen-bond donors (Lipinski definition) is 2. The van der Waals surface area contributed by atoms with Crippen LogP contribution >= 0.6 is 38.9 Å². The van der Waals surface area contributed by atoms with E-state index in [1.807, 2.05) is 36.7 Å². The van der Waals surface area contributed by atoms with Gasteiger partial charge in [-0.1, -0.05) is 33.6 Å². The summed E-state index contributed by atoms with van der Waals surface area (Å²) >= 11 is 11.2. The first kappa shape index (κ1) is 12.6. The monoisotopic (exact) mass is 329 g/mol. The van der Waals surface area contributed by atoms with Gasteiger partial charge in [0, 0.05) is 4.47 Å². The molecule has 1 aromatic carbocycles. The first-order valence-electron chi connectivity index (χ1n) is 5.01. The van der Waals surface area contributed by atoms with Crippen LogP contribution in [0.3, 0.4) is 0 Å². The Hall–Kier alpha value is -0.840. The van der Waals surface area contributed by atoms with Gasteiger partial charge in [-0.3, -0.25) is 4.99 Å². The Bertz CT molecular complexity index is 537. The molecule has 0 aliphatic heterocycles. The maximum absolute atomic E-state index is 6.16. The second kappa shape index (κ2) is 5.67. The topological polar surface area (TPSA) is 26.0 Å². The highest BCUT2D eigenvalue weighted by atomic mass is 79.9. The van der Waals surface area contributed by atoms with E-state index in [2.05, 4.69) is 32.3 Å². The van der Waals surface area contributed by atoms with Crippen LogP contribution in [0.5, 0.6) is 0 Å². The molecule has 0 amide bonds. The number of nitrogens with one attached hydrogen (secondary N) is 2. The molecular weight excluding hydrogens is 320 g/mol. The van der Waals surface area contributed by atoms with E-state index in [9.17, 15) is 0 Å². The molecule has 0 unspecified atom stereocenters. The van der Waals surface area contributed by atoms with Gasteiger partial charge in [-0.2, -0.15) is 0 Å². The minimum Gasteiger partial charge on any atom is -0.276 e. The summed E-state index contributed by atoms with van der Waals surface area (Å²) in [5.41, 5.74) is 0.882. The van der Waals surface area contributed by atoms with E-state index in [1.165, 1.54) is 0 Å². The second-order valence-corrected chi connectivity index (χ2v) is 5.62. The molecule has 88 valence electrons. The molecule has 17 heavy (non-hydrogen) atoms. The zero-order valence-electron chi connectivity index (χ0n) is 9.13. The van der Waals surface area contributed by atoms with Gasteiger partial charge >= 0.3 is 0 Å². The van der Waals surface area contributed by atoms with Gasteiger partial charge in [0.05, 0.1) is 12.1 Å². The van der Waals surface area contributed by atoms with Gasteiger partial charge in [-0.05, 0) is 29.6 Å². The summed E-state index contributed by atoms with van der Waals surface area (Å²) < 4.78 is 0.968. The number of thiophene rings is 1. The predicted octanol–water partition coefficient (Wildman–Crippen LogP) is 2.73. The number of halogens is 2. The summed E-state index contributed by atoms with van der Waals surface area (Å²) in [4.78, 5) is 4.29. The number of hydrogen-bond acceptors (Lipinski definition) is 1. The molecule has 0 saturated carbocycles.